The minimum absolute atomic E-state index is 0.0751. The second-order valence-corrected chi connectivity index (χ2v) is 9.88. The number of imidazole rings is 1. The Morgan fingerprint density at radius 2 is 1.66 bits per heavy atom. The van der Waals surface area contributed by atoms with Crippen molar-refractivity contribution in [2.75, 3.05) is 0 Å². The average Bonchev–Trinajstić information content (AvgIpc) is 3.60. The summed E-state index contributed by atoms with van der Waals surface area (Å²) in [6, 6.07) is 2.30. The molecule has 9 N–H and O–H groups in total. The number of hydrogen-bond donors (Lipinski definition) is 8. The monoisotopic (exact) mass is 569 g/mol. The van der Waals surface area contributed by atoms with E-state index < -0.39 is 66.2 Å². The van der Waals surface area contributed by atoms with Gasteiger partial charge in [-0.2, -0.15) is 0 Å². The number of carbonyl (C=O) groups excluding carboxylic acids is 3. The molecule has 14 heteroatoms. The molecule has 5 atom stereocenters. The van der Waals surface area contributed by atoms with Gasteiger partial charge in [0.15, 0.2) is 0 Å². The Kier molecular flexibility index (Phi) is 10.6. The SMILES string of the molecule is CCC(C)C(NC(=O)C(CC(=O)O)NC(=O)C(N)Cc1c[nH]c2ccccc12)C(=O)NC(Cc1cnc[nH]1)C(=O)O. The molecule has 0 aliphatic rings. The van der Waals surface area contributed by atoms with Crippen molar-refractivity contribution in [2.45, 2.75) is 63.7 Å². The minimum Gasteiger partial charge on any atom is -0.481 e. The summed E-state index contributed by atoms with van der Waals surface area (Å²) in [5.74, 6) is -5.53. The number of amides is 3. The molecule has 3 aromatic rings. The normalized spacial score (nSPS) is 14.8. The van der Waals surface area contributed by atoms with Crippen molar-refractivity contribution >= 4 is 40.6 Å². The summed E-state index contributed by atoms with van der Waals surface area (Å²) in [7, 11) is 0. The maximum Gasteiger partial charge on any atom is 0.326 e. The highest BCUT2D eigenvalue weighted by Crippen LogP contribution is 2.19. The van der Waals surface area contributed by atoms with E-state index in [1.807, 2.05) is 24.3 Å². The first-order chi connectivity index (χ1) is 19.5. The molecule has 2 aromatic heterocycles. The molecule has 3 rings (SSSR count). The molecule has 1 aromatic carbocycles. The zero-order chi connectivity index (χ0) is 30.1. The third kappa shape index (κ3) is 8.38. The quantitative estimate of drug-likeness (QED) is 0.123. The Bertz CT molecular complexity index is 1370. The van der Waals surface area contributed by atoms with Crippen LogP contribution in [-0.4, -0.2) is 79.0 Å². The molecule has 0 bridgehead atoms. The van der Waals surface area contributed by atoms with Crippen molar-refractivity contribution in [3.05, 3.63) is 54.2 Å². The number of nitrogens with two attached hydrogens (primary N) is 1. The van der Waals surface area contributed by atoms with Crippen molar-refractivity contribution < 1.29 is 34.2 Å². The molecule has 0 aliphatic carbocycles. The summed E-state index contributed by atoms with van der Waals surface area (Å²) in [5.41, 5.74) is 8.23. The average molecular weight is 570 g/mol. The fourth-order valence-electron chi connectivity index (χ4n) is 4.33. The van der Waals surface area contributed by atoms with Gasteiger partial charge in [-0.3, -0.25) is 19.2 Å². The molecule has 0 saturated heterocycles. The Morgan fingerprint density at radius 3 is 2.29 bits per heavy atom. The van der Waals surface area contributed by atoms with Gasteiger partial charge < -0.3 is 41.9 Å². The van der Waals surface area contributed by atoms with Gasteiger partial charge in [0.2, 0.25) is 17.7 Å². The number of aliphatic carboxylic acids is 2. The Balaban J connectivity index is 1.70. The largest absolute Gasteiger partial charge is 0.481 e. The summed E-state index contributed by atoms with van der Waals surface area (Å²) < 4.78 is 0. The molecule has 0 radical (unpaired) electrons. The van der Waals surface area contributed by atoms with Crippen molar-refractivity contribution in [1.82, 2.24) is 30.9 Å². The van der Waals surface area contributed by atoms with Gasteiger partial charge in [-0.1, -0.05) is 38.5 Å². The summed E-state index contributed by atoms with van der Waals surface area (Å²) in [4.78, 5) is 72.3. The number of carboxylic acid groups (broad SMARTS) is 2. The first-order valence-corrected chi connectivity index (χ1v) is 13.1. The van der Waals surface area contributed by atoms with E-state index in [9.17, 15) is 34.2 Å². The fraction of sp³-hybridized carbons (Fsp3) is 0.407. The zero-order valence-corrected chi connectivity index (χ0v) is 22.7. The van der Waals surface area contributed by atoms with Crippen LogP contribution in [0.5, 0.6) is 0 Å². The molecular formula is C27H35N7O7. The van der Waals surface area contributed by atoms with Crippen LogP contribution in [0.2, 0.25) is 0 Å². The van der Waals surface area contributed by atoms with Gasteiger partial charge in [0.05, 0.1) is 18.8 Å². The smallest absolute Gasteiger partial charge is 0.326 e. The highest BCUT2D eigenvalue weighted by Gasteiger charge is 2.34. The predicted octanol–water partition coefficient (Wildman–Crippen LogP) is 0.0633. The fourth-order valence-corrected chi connectivity index (χ4v) is 4.33. The van der Waals surface area contributed by atoms with E-state index in [1.54, 1.807) is 20.0 Å². The molecular weight excluding hydrogens is 534 g/mol. The number of carboxylic acids is 2. The Labute approximate surface area is 235 Å². The summed E-state index contributed by atoms with van der Waals surface area (Å²) in [6.07, 6.45) is 4.26. The Morgan fingerprint density at radius 1 is 0.951 bits per heavy atom. The van der Waals surface area contributed by atoms with E-state index in [-0.39, 0.29) is 12.8 Å². The lowest BCUT2D eigenvalue weighted by molar-refractivity contribution is -0.143. The third-order valence-corrected chi connectivity index (χ3v) is 6.85. The summed E-state index contributed by atoms with van der Waals surface area (Å²) in [5, 5.41) is 27.2. The number of aromatic amines is 2. The number of nitrogens with zero attached hydrogens (tertiary/aromatic N) is 1. The maximum atomic E-state index is 13.2. The number of rotatable bonds is 15. The van der Waals surface area contributed by atoms with Gasteiger partial charge in [0.25, 0.3) is 0 Å². The highest BCUT2D eigenvalue weighted by atomic mass is 16.4. The molecule has 5 unspecified atom stereocenters. The molecule has 220 valence electrons. The lowest BCUT2D eigenvalue weighted by atomic mass is 9.97. The van der Waals surface area contributed by atoms with Gasteiger partial charge in [-0.15, -0.1) is 0 Å². The lowest BCUT2D eigenvalue weighted by Gasteiger charge is -2.27. The van der Waals surface area contributed by atoms with Crippen LogP contribution in [-0.2, 0) is 36.8 Å². The number of para-hydroxylation sites is 1. The number of benzene rings is 1. The first-order valence-electron chi connectivity index (χ1n) is 13.1. The van der Waals surface area contributed by atoms with Gasteiger partial charge >= 0.3 is 11.9 Å². The van der Waals surface area contributed by atoms with Crippen LogP contribution < -0.4 is 21.7 Å². The molecule has 0 spiro atoms. The van der Waals surface area contributed by atoms with Crippen molar-refractivity contribution in [3.8, 4) is 0 Å². The van der Waals surface area contributed by atoms with Gasteiger partial charge in [0.1, 0.15) is 18.1 Å². The molecule has 2 heterocycles. The third-order valence-electron chi connectivity index (χ3n) is 6.85. The Hall–Kier alpha value is -4.72. The van der Waals surface area contributed by atoms with E-state index >= 15 is 0 Å². The standard InChI is InChI=1S/C27H35N7O7/c1-3-14(2)23(26(39)33-21(27(40)41)9-16-12-29-13-31-16)34-25(38)20(10-22(35)36)32-24(37)18(28)8-15-11-30-19-7-5-4-6-17(15)19/h4-7,11-14,18,20-21,23,30H,3,8-10,28H2,1-2H3,(H,29,31)(H,32,37)(H,33,39)(H,34,38)(H,35,36)(H,40,41). The van der Waals surface area contributed by atoms with E-state index in [1.165, 1.54) is 12.5 Å². The number of carbonyl (C=O) groups is 5. The second kappa shape index (κ2) is 14.1. The van der Waals surface area contributed by atoms with Gasteiger partial charge in [0, 0.05) is 35.4 Å². The summed E-state index contributed by atoms with van der Waals surface area (Å²) in [6.45, 7) is 3.45. The lowest BCUT2D eigenvalue weighted by Crippen LogP contribution is -2.59. The van der Waals surface area contributed by atoms with E-state index in [0.29, 0.717) is 12.1 Å². The van der Waals surface area contributed by atoms with Crippen LogP contribution >= 0.6 is 0 Å². The minimum atomic E-state index is -1.53. The molecule has 3 amide bonds. The van der Waals surface area contributed by atoms with Gasteiger partial charge in [-0.05, 0) is 24.0 Å². The number of aromatic nitrogens is 3. The molecule has 0 aliphatic heterocycles. The summed E-state index contributed by atoms with van der Waals surface area (Å²) >= 11 is 0. The highest BCUT2D eigenvalue weighted by molar-refractivity contribution is 5.96. The first kappa shape index (κ1) is 30.8. The van der Waals surface area contributed by atoms with E-state index in [4.69, 9.17) is 5.73 Å². The second-order valence-electron chi connectivity index (χ2n) is 9.88. The van der Waals surface area contributed by atoms with E-state index in [2.05, 4.69) is 30.9 Å². The van der Waals surface area contributed by atoms with Crippen LogP contribution in [0.4, 0.5) is 0 Å². The van der Waals surface area contributed by atoms with Crippen molar-refractivity contribution in [1.29, 1.82) is 0 Å². The predicted molar refractivity (Wildman–Crippen MR) is 147 cm³/mol. The van der Waals surface area contributed by atoms with Crippen LogP contribution in [0.25, 0.3) is 10.9 Å². The number of H-pyrrole nitrogens is 2. The van der Waals surface area contributed by atoms with Crippen molar-refractivity contribution in [2.24, 2.45) is 11.7 Å². The topological polar surface area (TPSA) is 232 Å². The van der Waals surface area contributed by atoms with E-state index in [0.717, 1.165) is 16.5 Å². The molecule has 14 nitrogen and oxygen atoms in total. The number of fused-ring (bicyclic) bond motifs is 1. The zero-order valence-electron chi connectivity index (χ0n) is 22.7. The maximum absolute atomic E-state index is 13.2. The molecule has 0 saturated carbocycles. The van der Waals surface area contributed by atoms with Crippen LogP contribution in [0.1, 0.15) is 37.9 Å². The van der Waals surface area contributed by atoms with Crippen LogP contribution in [0.15, 0.2) is 43.0 Å². The molecule has 0 fully saturated rings. The molecule has 41 heavy (non-hydrogen) atoms. The van der Waals surface area contributed by atoms with Crippen molar-refractivity contribution in [3.63, 3.8) is 0 Å². The number of hydrogen-bond acceptors (Lipinski definition) is 7. The van der Waals surface area contributed by atoms with Crippen LogP contribution in [0.3, 0.4) is 0 Å². The van der Waals surface area contributed by atoms with Crippen LogP contribution in [0, 0.1) is 5.92 Å². The number of nitrogens with one attached hydrogen (secondary N) is 5. The van der Waals surface area contributed by atoms with Gasteiger partial charge in [-0.25, -0.2) is 9.78 Å².